The number of likely N-dealkylation sites (tertiary alicyclic amines) is 1. The summed E-state index contributed by atoms with van der Waals surface area (Å²) >= 11 is 0. The molecule has 0 spiro atoms. The topological polar surface area (TPSA) is 136 Å². The van der Waals surface area contributed by atoms with Gasteiger partial charge in [-0.05, 0) is 81.0 Å². The molecule has 0 radical (unpaired) electrons. The zero-order chi connectivity index (χ0) is 23.8. The maximum atomic E-state index is 12.8. The zero-order valence-electron chi connectivity index (χ0n) is 18.8. The van der Waals surface area contributed by atoms with Gasteiger partial charge in [-0.1, -0.05) is 12.1 Å². The van der Waals surface area contributed by atoms with Crippen LogP contribution in [-0.4, -0.2) is 73.2 Å². The molecular formula is C23H33N3O6S. The molecule has 0 amide bonds. The van der Waals surface area contributed by atoms with Gasteiger partial charge in [0.1, 0.15) is 12.1 Å². The number of sulfonamides is 1. The highest BCUT2D eigenvalue weighted by Gasteiger charge is 2.42. The highest BCUT2D eigenvalue weighted by Crippen LogP contribution is 2.39. The quantitative estimate of drug-likeness (QED) is 0.459. The van der Waals surface area contributed by atoms with Crippen LogP contribution in [-0.2, 0) is 19.6 Å². The molecule has 2 aliphatic heterocycles. The standard InChI is InChI=1S/C23H33N3O6S/c1-14-3-2-4-19(7-14)33(31,32)25-18-10-21(23(29)30)26(13-18)12-15-5-6-16-11-24-20(22(27)28)9-17(16)8-15/h2-4,7,15-18,20-21,24-25H,5-6,8-13H2,1H3,(H,27,28)(H,29,30). The molecule has 1 aliphatic carbocycles. The van der Waals surface area contributed by atoms with Crippen LogP contribution >= 0.6 is 0 Å². The van der Waals surface area contributed by atoms with Crippen molar-refractivity contribution in [3.8, 4) is 0 Å². The first-order valence-corrected chi connectivity index (χ1v) is 13.1. The van der Waals surface area contributed by atoms with Crippen LogP contribution in [0.2, 0.25) is 0 Å². The van der Waals surface area contributed by atoms with Gasteiger partial charge in [-0.15, -0.1) is 0 Å². The molecule has 4 N–H and O–H groups in total. The lowest BCUT2D eigenvalue weighted by atomic mass is 9.69. The molecule has 182 valence electrons. The maximum Gasteiger partial charge on any atom is 0.320 e. The number of rotatable bonds is 7. The Balaban J connectivity index is 1.39. The lowest BCUT2D eigenvalue weighted by Crippen LogP contribution is -2.50. The summed E-state index contributed by atoms with van der Waals surface area (Å²) < 4.78 is 28.4. The summed E-state index contributed by atoms with van der Waals surface area (Å²) in [5.41, 5.74) is 0.841. The number of carbonyl (C=O) groups is 2. The van der Waals surface area contributed by atoms with E-state index in [1.165, 1.54) is 0 Å². The molecule has 2 saturated heterocycles. The van der Waals surface area contributed by atoms with Crippen LogP contribution in [0.3, 0.4) is 0 Å². The molecule has 0 aromatic heterocycles. The van der Waals surface area contributed by atoms with Gasteiger partial charge in [-0.3, -0.25) is 14.5 Å². The molecule has 9 nitrogen and oxygen atoms in total. The molecule has 1 saturated carbocycles. The number of benzene rings is 1. The second kappa shape index (κ2) is 9.69. The van der Waals surface area contributed by atoms with E-state index in [9.17, 15) is 28.2 Å². The number of hydrogen-bond donors (Lipinski definition) is 4. The Hall–Kier alpha value is -2.01. The minimum Gasteiger partial charge on any atom is -0.480 e. The van der Waals surface area contributed by atoms with Crippen LogP contribution in [0.5, 0.6) is 0 Å². The normalized spacial score (nSPS) is 32.9. The van der Waals surface area contributed by atoms with Gasteiger partial charge in [0.2, 0.25) is 10.0 Å². The van der Waals surface area contributed by atoms with Crippen molar-refractivity contribution in [2.24, 2.45) is 17.8 Å². The number of hydrogen-bond acceptors (Lipinski definition) is 6. The minimum absolute atomic E-state index is 0.185. The van der Waals surface area contributed by atoms with E-state index in [2.05, 4.69) is 10.0 Å². The van der Waals surface area contributed by atoms with Gasteiger partial charge < -0.3 is 15.5 Å². The third kappa shape index (κ3) is 5.56. The first-order valence-electron chi connectivity index (χ1n) is 11.6. The largest absolute Gasteiger partial charge is 0.480 e. The van der Waals surface area contributed by atoms with Gasteiger partial charge >= 0.3 is 11.9 Å². The average molecular weight is 480 g/mol. The Kier molecular flexibility index (Phi) is 7.09. The Morgan fingerprint density at radius 1 is 1.12 bits per heavy atom. The SMILES string of the molecule is Cc1cccc(S(=O)(=O)NC2CC(C(=O)O)N(CC3CCC4CNC(C(=O)O)CC4C3)C2)c1. The molecule has 0 bridgehead atoms. The summed E-state index contributed by atoms with van der Waals surface area (Å²) in [6, 6.07) is 4.95. The van der Waals surface area contributed by atoms with Crippen LogP contribution < -0.4 is 10.0 Å². The molecule has 3 fully saturated rings. The van der Waals surface area contributed by atoms with Crippen molar-refractivity contribution in [1.29, 1.82) is 0 Å². The fraction of sp³-hybridized carbons (Fsp3) is 0.652. The molecule has 1 aromatic carbocycles. The van der Waals surface area contributed by atoms with E-state index < -0.39 is 40.1 Å². The Labute approximate surface area is 194 Å². The fourth-order valence-corrected chi connectivity index (χ4v) is 7.21. The van der Waals surface area contributed by atoms with Gasteiger partial charge in [-0.2, -0.15) is 0 Å². The van der Waals surface area contributed by atoms with Crippen molar-refractivity contribution in [2.75, 3.05) is 19.6 Å². The number of carboxylic acids is 2. The van der Waals surface area contributed by atoms with Crippen molar-refractivity contribution >= 4 is 22.0 Å². The first kappa shape index (κ1) is 24.1. The van der Waals surface area contributed by atoms with Crippen LogP contribution in [0.1, 0.15) is 37.7 Å². The molecule has 2 heterocycles. The first-order chi connectivity index (χ1) is 15.6. The molecule has 6 unspecified atom stereocenters. The second-order valence-corrected chi connectivity index (χ2v) is 11.6. The number of fused-ring (bicyclic) bond motifs is 1. The summed E-state index contributed by atoms with van der Waals surface area (Å²) in [4.78, 5) is 25.4. The van der Waals surface area contributed by atoms with Crippen molar-refractivity contribution in [2.45, 2.75) is 62.0 Å². The molecule has 10 heteroatoms. The van der Waals surface area contributed by atoms with E-state index in [0.29, 0.717) is 31.3 Å². The maximum absolute atomic E-state index is 12.8. The molecular weight excluding hydrogens is 446 g/mol. The van der Waals surface area contributed by atoms with Crippen molar-refractivity contribution in [3.63, 3.8) is 0 Å². The minimum atomic E-state index is -3.73. The number of nitrogens with one attached hydrogen (secondary N) is 2. The highest BCUT2D eigenvalue weighted by molar-refractivity contribution is 7.89. The monoisotopic (exact) mass is 479 g/mol. The number of carboxylic acid groups (broad SMARTS) is 2. The van der Waals surface area contributed by atoms with Gasteiger partial charge in [0, 0.05) is 19.1 Å². The molecule has 3 aliphatic rings. The number of aryl methyl sites for hydroxylation is 1. The molecule has 4 rings (SSSR count). The predicted octanol–water partition coefficient (Wildman–Crippen LogP) is 1.28. The fourth-order valence-electron chi connectivity index (χ4n) is 5.86. The smallest absolute Gasteiger partial charge is 0.320 e. The van der Waals surface area contributed by atoms with Crippen molar-refractivity contribution in [3.05, 3.63) is 29.8 Å². The molecule has 1 aromatic rings. The van der Waals surface area contributed by atoms with Gasteiger partial charge in [-0.25, -0.2) is 13.1 Å². The van der Waals surface area contributed by atoms with E-state index in [0.717, 1.165) is 31.4 Å². The highest BCUT2D eigenvalue weighted by atomic mass is 32.2. The summed E-state index contributed by atoms with van der Waals surface area (Å²) in [6.07, 6.45) is 3.70. The lowest BCUT2D eigenvalue weighted by Gasteiger charge is -2.42. The summed E-state index contributed by atoms with van der Waals surface area (Å²) in [6.45, 7) is 3.49. The van der Waals surface area contributed by atoms with E-state index in [1.807, 2.05) is 17.9 Å². The summed E-state index contributed by atoms with van der Waals surface area (Å²) in [7, 11) is -3.73. The third-order valence-electron chi connectivity index (χ3n) is 7.51. The van der Waals surface area contributed by atoms with Crippen molar-refractivity contribution in [1.82, 2.24) is 14.9 Å². The van der Waals surface area contributed by atoms with Crippen LogP contribution in [0, 0.1) is 24.7 Å². The number of piperidine rings is 1. The molecule has 33 heavy (non-hydrogen) atoms. The second-order valence-electron chi connectivity index (χ2n) is 9.91. The van der Waals surface area contributed by atoms with Gasteiger partial charge in [0.05, 0.1) is 4.90 Å². The van der Waals surface area contributed by atoms with Gasteiger partial charge in [0.25, 0.3) is 0 Å². The summed E-state index contributed by atoms with van der Waals surface area (Å²) in [5, 5.41) is 22.2. The predicted molar refractivity (Wildman–Crippen MR) is 121 cm³/mol. The van der Waals surface area contributed by atoms with Crippen molar-refractivity contribution < 1.29 is 28.2 Å². The summed E-state index contributed by atoms with van der Waals surface area (Å²) in [5.74, 6) is -0.668. The van der Waals surface area contributed by atoms with Crippen LogP contribution in [0.25, 0.3) is 0 Å². The zero-order valence-corrected chi connectivity index (χ0v) is 19.6. The number of nitrogens with zero attached hydrogens (tertiary/aromatic N) is 1. The van der Waals surface area contributed by atoms with E-state index in [1.54, 1.807) is 18.2 Å². The Morgan fingerprint density at radius 3 is 2.61 bits per heavy atom. The van der Waals surface area contributed by atoms with Gasteiger partial charge in [0.15, 0.2) is 0 Å². The molecule has 6 atom stereocenters. The third-order valence-corrected chi connectivity index (χ3v) is 9.03. The average Bonchev–Trinajstić information content (AvgIpc) is 3.14. The van der Waals surface area contributed by atoms with Crippen LogP contribution in [0.15, 0.2) is 29.2 Å². The van der Waals surface area contributed by atoms with E-state index in [-0.39, 0.29) is 17.2 Å². The van der Waals surface area contributed by atoms with E-state index in [4.69, 9.17) is 0 Å². The van der Waals surface area contributed by atoms with E-state index >= 15 is 0 Å². The number of aliphatic carboxylic acids is 2. The lowest BCUT2D eigenvalue weighted by molar-refractivity contribution is -0.143. The van der Waals surface area contributed by atoms with Crippen LogP contribution in [0.4, 0.5) is 0 Å². The Morgan fingerprint density at radius 2 is 1.91 bits per heavy atom. The Bertz CT molecular complexity index is 1000.